The molecule has 0 amide bonds. The fraction of sp³-hybridized carbons (Fsp3) is 0.182. The summed E-state index contributed by atoms with van der Waals surface area (Å²) in [6.45, 7) is 6.82. The van der Waals surface area contributed by atoms with Gasteiger partial charge in [0.05, 0.1) is 0 Å². The molecular weight excluding hydrogens is 391 g/mol. The van der Waals surface area contributed by atoms with E-state index in [2.05, 4.69) is 116 Å². The number of halogens is 1. The second-order valence-corrected chi connectivity index (χ2v) is 7.77. The van der Waals surface area contributed by atoms with E-state index in [1.165, 1.54) is 31.4 Å². The Hall–Kier alpha value is -1.61. The van der Waals surface area contributed by atoms with Gasteiger partial charge in [-0.3, -0.25) is 0 Å². The number of hydrogen-bond acceptors (Lipinski definition) is 0. The highest BCUT2D eigenvalue weighted by Gasteiger charge is 2.25. The number of aryl methyl sites for hydroxylation is 1. The summed E-state index contributed by atoms with van der Waals surface area (Å²) in [5.41, 5.74) is 6.63. The summed E-state index contributed by atoms with van der Waals surface area (Å²) in [4.78, 5) is 0. The molecule has 0 spiro atoms. The van der Waals surface area contributed by atoms with Crippen molar-refractivity contribution in [2.75, 3.05) is 0 Å². The lowest BCUT2D eigenvalue weighted by molar-refractivity contribution is 0.636. The van der Waals surface area contributed by atoms with Gasteiger partial charge in [-0.2, -0.15) is 0 Å². The van der Waals surface area contributed by atoms with Crippen LogP contribution in [0.4, 0.5) is 0 Å². The predicted octanol–water partition coefficient (Wildman–Crippen LogP) is 6.59. The van der Waals surface area contributed by atoms with Crippen LogP contribution in [0.3, 0.4) is 0 Å². The molecule has 3 aromatic carbocycles. The van der Waals surface area contributed by atoms with Crippen LogP contribution in [0.15, 0.2) is 72.8 Å². The van der Waals surface area contributed by atoms with Crippen LogP contribution in [0.1, 0.15) is 30.5 Å². The van der Waals surface area contributed by atoms with E-state index in [0.29, 0.717) is 0 Å². The van der Waals surface area contributed by atoms with Crippen LogP contribution in [-0.4, -0.2) is 0 Å². The summed E-state index contributed by atoms with van der Waals surface area (Å²) in [5, 5.41) is 0. The Bertz CT molecular complexity index is 799. The molecule has 0 unspecified atom stereocenters. The molecule has 0 N–H and O–H groups in total. The van der Waals surface area contributed by atoms with E-state index in [0.717, 1.165) is 0 Å². The largest absolute Gasteiger partial charge is 0.0622 e. The normalized spacial score (nSPS) is 11.5. The maximum atomic E-state index is 2.35. The van der Waals surface area contributed by atoms with Crippen molar-refractivity contribution in [1.29, 1.82) is 0 Å². The van der Waals surface area contributed by atoms with Gasteiger partial charge in [-0.25, -0.2) is 0 Å². The number of hydrogen-bond donors (Lipinski definition) is 0. The Balaban J connectivity index is 2.09. The molecule has 0 aliphatic carbocycles. The van der Waals surface area contributed by atoms with Crippen molar-refractivity contribution >= 4 is 22.6 Å². The summed E-state index contributed by atoms with van der Waals surface area (Å²) in [5.74, 6) is 0. The minimum absolute atomic E-state index is 0.00937. The molecule has 1 heteroatoms. The Kier molecular flexibility index (Phi) is 4.58. The van der Waals surface area contributed by atoms with Gasteiger partial charge in [-0.15, -0.1) is 0 Å². The standard InChI is InChI=1S/C22H21I/c1-16-9-10-18(17-11-13-20(23)14-12-17)15-21(16)22(2,3)19-7-5-4-6-8-19/h4-15H,1-3H3. The fourth-order valence-corrected chi connectivity index (χ4v) is 3.49. The molecule has 0 atom stereocenters. The van der Waals surface area contributed by atoms with E-state index >= 15 is 0 Å². The second-order valence-electron chi connectivity index (χ2n) is 6.53. The minimum atomic E-state index is -0.00937. The van der Waals surface area contributed by atoms with Gasteiger partial charge in [0.25, 0.3) is 0 Å². The van der Waals surface area contributed by atoms with Crippen LogP contribution in [0.2, 0.25) is 0 Å². The zero-order valence-corrected chi connectivity index (χ0v) is 16.0. The maximum Gasteiger partial charge on any atom is 0.0149 e. The third-order valence-corrected chi connectivity index (χ3v) is 5.30. The van der Waals surface area contributed by atoms with Crippen LogP contribution in [0, 0.1) is 10.5 Å². The fourth-order valence-electron chi connectivity index (χ4n) is 3.13. The highest BCUT2D eigenvalue weighted by molar-refractivity contribution is 14.1. The third-order valence-electron chi connectivity index (χ3n) is 4.58. The molecule has 3 rings (SSSR count). The SMILES string of the molecule is Cc1ccc(-c2ccc(I)cc2)cc1C(C)(C)c1ccccc1. The van der Waals surface area contributed by atoms with E-state index in [9.17, 15) is 0 Å². The van der Waals surface area contributed by atoms with Crippen LogP contribution in [0.5, 0.6) is 0 Å². The Morgan fingerprint density at radius 3 is 2.00 bits per heavy atom. The summed E-state index contributed by atoms with van der Waals surface area (Å²) >= 11 is 2.35. The van der Waals surface area contributed by atoms with Gasteiger partial charge >= 0.3 is 0 Å². The van der Waals surface area contributed by atoms with Gasteiger partial charge in [0.1, 0.15) is 0 Å². The molecule has 116 valence electrons. The zero-order chi connectivity index (χ0) is 16.4. The van der Waals surface area contributed by atoms with Crippen molar-refractivity contribution in [2.45, 2.75) is 26.2 Å². The maximum absolute atomic E-state index is 2.35. The second kappa shape index (κ2) is 6.48. The van der Waals surface area contributed by atoms with Gasteiger partial charge in [-0.05, 0) is 69.5 Å². The first-order chi connectivity index (χ1) is 11.0. The molecule has 0 fully saturated rings. The molecule has 0 nitrogen and oxygen atoms in total. The van der Waals surface area contributed by atoms with Gasteiger partial charge in [-0.1, -0.05) is 74.5 Å². The van der Waals surface area contributed by atoms with Crippen molar-refractivity contribution in [3.63, 3.8) is 0 Å². The quantitative estimate of drug-likeness (QED) is 0.426. The topological polar surface area (TPSA) is 0 Å². The van der Waals surface area contributed by atoms with Gasteiger partial charge in [0, 0.05) is 8.99 Å². The third kappa shape index (κ3) is 3.35. The molecule has 0 saturated carbocycles. The van der Waals surface area contributed by atoms with E-state index in [1.807, 2.05) is 0 Å². The van der Waals surface area contributed by atoms with Crippen molar-refractivity contribution in [3.8, 4) is 11.1 Å². The van der Waals surface area contributed by atoms with Gasteiger partial charge in [0.2, 0.25) is 0 Å². The first-order valence-electron chi connectivity index (χ1n) is 7.91. The summed E-state index contributed by atoms with van der Waals surface area (Å²) in [6, 6.07) is 26.3. The summed E-state index contributed by atoms with van der Waals surface area (Å²) in [7, 11) is 0. The lowest BCUT2D eigenvalue weighted by Crippen LogP contribution is -2.20. The van der Waals surface area contributed by atoms with Crippen LogP contribution < -0.4 is 0 Å². The van der Waals surface area contributed by atoms with Crippen LogP contribution in [0.25, 0.3) is 11.1 Å². The van der Waals surface area contributed by atoms with Crippen LogP contribution in [-0.2, 0) is 5.41 Å². The van der Waals surface area contributed by atoms with E-state index in [1.54, 1.807) is 0 Å². The molecule has 0 aliphatic heterocycles. The molecule has 0 bridgehead atoms. The van der Waals surface area contributed by atoms with Gasteiger partial charge < -0.3 is 0 Å². The van der Waals surface area contributed by atoms with Crippen molar-refractivity contribution < 1.29 is 0 Å². The first-order valence-corrected chi connectivity index (χ1v) is 8.99. The van der Waals surface area contributed by atoms with Gasteiger partial charge in [0.15, 0.2) is 0 Å². The zero-order valence-electron chi connectivity index (χ0n) is 13.8. The highest BCUT2D eigenvalue weighted by atomic mass is 127. The number of rotatable bonds is 3. The lowest BCUT2D eigenvalue weighted by atomic mass is 9.75. The highest BCUT2D eigenvalue weighted by Crippen LogP contribution is 2.35. The summed E-state index contributed by atoms with van der Waals surface area (Å²) in [6.07, 6.45) is 0. The summed E-state index contributed by atoms with van der Waals surface area (Å²) < 4.78 is 1.27. The van der Waals surface area contributed by atoms with E-state index < -0.39 is 0 Å². The van der Waals surface area contributed by atoms with Crippen molar-refractivity contribution in [3.05, 3.63) is 93.1 Å². The van der Waals surface area contributed by atoms with E-state index in [-0.39, 0.29) is 5.41 Å². The Morgan fingerprint density at radius 1 is 0.739 bits per heavy atom. The molecule has 0 heterocycles. The molecule has 3 aromatic rings. The minimum Gasteiger partial charge on any atom is -0.0622 e. The lowest BCUT2D eigenvalue weighted by Gasteiger charge is -2.28. The first kappa shape index (κ1) is 16.3. The Labute approximate surface area is 152 Å². The molecule has 0 saturated heterocycles. The average molecular weight is 412 g/mol. The monoisotopic (exact) mass is 412 g/mol. The number of benzene rings is 3. The molecule has 0 aliphatic rings. The molecule has 0 radical (unpaired) electrons. The Morgan fingerprint density at radius 2 is 1.35 bits per heavy atom. The molecule has 0 aromatic heterocycles. The van der Waals surface area contributed by atoms with Crippen molar-refractivity contribution in [2.24, 2.45) is 0 Å². The average Bonchev–Trinajstić information content (AvgIpc) is 2.57. The van der Waals surface area contributed by atoms with E-state index in [4.69, 9.17) is 0 Å². The van der Waals surface area contributed by atoms with Crippen LogP contribution >= 0.6 is 22.6 Å². The smallest absolute Gasteiger partial charge is 0.0149 e. The van der Waals surface area contributed by atoms with Crippen molar-refractivity contribution in [1.82, 2.24) is 0 Å². The molecular formula is C22H21I. The molecule has 23 heavy (non-hydrogen) atoms. The predicted molar refractivity (Wildman–Crippen MR) is 108 cm³/mol.